The Morgan fingerprint density at radius 2 is 1.60 bits per heavy atom. The highest BCUT2D eigenvalue weighted by molar-refractivity contribution is 6.30. The number of carbonyl (C=O) groups excluding carboxylic acids is 2. The van der Waals surface area contributed by atoms with E-state index in [9.17, 15) is 9.59 Å². The van der Waals surface area contributed by atoms with Crippen LogP contribution in [0.1, 0.15) is 26.5 Å². The van der Waals surface area contributed by atoms with E-state index in [1.54, 1.807) is 30.3 Å². The molecule has 0 aliphatic heterocycles. The number of pyridine rings is 1. The smallest absolute Gasteiger partial charge is 0.270 e. The van der Waals surface area contributed by atoms with Gasteiger partial charge in [0.15, 0.2) is 0 Å². The normalized spacial score (nSPS) is 10.6. The van der Waals surface area contributed by atoms with Gasteiger partial charge in [-0.1, -0.05) is 29.8 Å². The van der Waals surface area contributed by atoms with E-state index in [1.807, 2.05) is 31.1 Å². The van der Waals surface area contributed by atoms with Gasteiger partial charge in [-0.3, -0.25) is 9.59 Å². The maximum absolute atomic E-state index is 12.2. The van der Waals surface area contributed by atoms with Crippen LogP contribution in [-0.2, 0) is 6.54 Å². The Bertz CT molecular complexity index is 732. The van der Waals surface area contributed by atoms with E-state index in [4.69, 9.17) is 11.6 Å². The summed E-state index contributed by atoms with van der Waals surface area (Å²) in [7, 11) is 3.85. The summed E-state index contributed by atoms with van der Waals surface area (Å²) in [6.45, 7) is 1.60. The van der Waals surface area contributed by atoms with E-state index in [2.05, 4.69) is 15.6 Å². The molecule has 2 aromatic rings. The van der Waals surface area contributed by atoms with Crippen LogP contribution in [0.2, 0.25) is 5.02 Å². The van der Waals surface area contributed by atoms with Crippen molar-refractivity contribution in [2.45, 2.75) is 6.54 Å². The van der Waals surface area contributed by atoms with Gasteiger partial charge in [0, 0.05) is 24.7 Å². The summed E-state index contributed by atoms with van der Waals surface area (Å²) in [5.74, 6) is -0.632. The number of hydrogen-bond acceptors (Lipinski definition) is 4. The quantitative estimate of drug-likeness (QED) is 0.791. The third kappa shape index (κ3) is 6.17. The molecule has 2 N–H and O–H groups in total. The number of benzene rings is 1. The zero-order chi connectivity index (χ0) is 18.2. The highest BCUT2D eigenvalue weighted by Gasteiger charge is 2.12. The second kappa shape index (κ2) is 9.15. The number of halogens is 1. The van der Waals surface area contributed by atoms with Gasteiger partial charge in [0.2, 0.25) is 0 Å². The first-order valence-corrected chi connectivity index (χ1v) is 8.26. The number of nitrogens with one attached hydrogen (secondary N) is 2. The highest BCUT2D eigenvalue weighted by Crippen LogP contribution is 2.09. The monoisotopic (exact) mass is 360 g/mol. The molecule has 7 heteroatoms. The third-order valence-electron chi connectivity index (χ3n) is 3.43. The molecule has 1 aromatic carbocycles. The molecular formula is C18H21ClN4O2. The van der Waals surface area contributed by atoms with Crippen LogP contribution in [0.15, 0.2) is 42.5 Å². The molecule has 1 heterocycles. The van der Waals surface area contributed by atoms with Crippen LogP contribution in [0.4, 0.5) is 0 Å². The van der Waals surface area contributed by atoms with Crippen molar-refractivity contribution in [1.29, 1.82) is 0 Å². The SMILES string of the molecule is CN(C)CCNC(=O)c1cccc(C(=O)NCc2ccc(Cl)cc2)n1. The Morgan fingerprint density at radius 3 is 2.20 bits per heavy atom. The zero-order valence-electron chi connectivity index (χ0n) is 14.3. The lowest BCUT2D eigenvalue weighted by Crippen LogP contribution is -2.32. The number of aromatic nitrogens is 1. The maximum atomic E-state index is 12.2. The molecule has 25 heavy (non-hydrogen) atoms. The van der Waals surface area contributed by atoms with E-state index in [0.717, 1.165) is 12.1 Å². The summed E-state index contributed by atoms with van der Waals surface area (Å²) in [5.41, 5.74) is 1.35. The third-order valence-corrected chi connectivity index (χ3v) is 3.68. The van der Waals surface area contributed by atoms with Crippen molar-refractivity contribution >= 4 is 23.4 Å². The predicted molar refractivity (Wildman–Crippen MR) is 97.7 cm³/mol. The minimum Gasteiger partial charge on any atom is -0.349 e. The molecule has 0 atom stereocenters. The van der Waals surface area contributed by atoms with Crippen LogP contribution in [-0.4, -0.2) is 48.9 Å². The fourth-order valence-corrected chi connectivity index (χ4v) is 2.17. The zero-order valence-corrected chi connectivity index (χ0v) is 15.0. The molecule has 2 rings (SSSR count). The number of amides is 2. The van der Waals surface area contributed by atoms with E-state index in [1.165, 1.54) is 0 Å². The summed E-state index contributed by atoms with van der Waals surface area (Å²) in [4.78, 5) is 30.4. The van der Waals surface area contributed by atoms with Gasteiger partial charge in [0.05, 0.1) is 0 Å². The summed E-state index contributed by atoms with van der Waals surface area (Å²) in [5, 5.41) is 6.19. The lowest BCUT2D eigenvalue weighted by molar-refractivity contribution is 0.0941. The van der Waals surface area contributed by atoms with Crippen molar-refractivity contribution in [3.8, 4) is 0 Å². The van der Waals surface area contributed by atoms with Crippen molar-refractivity contribution in [2.24, 2.45) is 0 Å². The van der Waals surface area contributed by atoms with Gasteiger partial charge in [-0.05, 0) is 43.9 Å². The molecule has 2 amide bonds. The molecule has 0 fully saturated rings. The first-order valence-electron chi connectivity index (χ1n) is 7.88. The molecule has 0 saturated heterocycles. The second-order valence-electron chi connectivity index (χ2n) is 5.78. The molecule has 0 aliphatic rings. The number of carbonyl (C=O) groups is 2. The Hall–Kier alpha value is -2.44. The molecule has 0 radical (unpaired) electrons. The van der Waals surface area contributed by atoms with E-state index in [-0.39, 0.29) is 23.2 Å². The molecule has 132 valence electrons. The molecule has 0 spiro atoms. The standard InChI is InChI=1S/C18H21ClN4O2/c1-23(2)11-10-20-17(24)15-4-3-5-16(22-15)18(25)21-12-13-6-8-14(19)9-7-13/h3-9H,10-12H2,1-2H3,(H,20,24)(H,21,25). The van der Waals surface area contributed by atoms with Crippen molar-refractivity contribution in [3.63, 3.8) is 0 Å². The molecule has 0 unspecified atom stereocenters. The number of hydrogen-bond donors (Lipinski definition) is 2. The van der Waals surface area contributed by atoms with E-state index < -0.39 is 0 Å². The van der Waals surface area contributed by atoms with Gasteiger partial charge >= 0.3 is 0 Å². The van der Waals surface area contributed by atoms with Gasteiger partial charge in [-0.25, -0.2) is 4.98 Å². The minimum atomic E-state index is -0.335. The van der Waals surface area contributed by atoms with E-state index >= 15 is 0 Å². The van der Waals surface area contributed by atoms with Gasteiger partial charge in [-0.2, -0.15) is 0 Å². The Morgan fingerprint density at radius 1 is 1.00 bits per heavy atom. The van der Waals surface area contributed by atoms with Gasteiger partial charge < -0.3 is 15.5 Å². The first kappa shape index (κ1) is 18.9. The summed E-state index contributed by atoms with van der Waals surface area (Å²) < 4.78 is 0. The summed E-state index contributed by atoms with van der Waals surface area (Å²) in [6, 6.07) is 12.0. The fourth-order valence-electron chi connectivity index (χ4n) is 2.05. The largest absolute Gasteiger partial charge is 0.349 e. The van der Waals surface area contributed by atoms with Crippen molar-refractivity contribution in [3.05, 3.63) is 64.4 Å². The lowest BCUT2D eigenvalue weighted by Gasteiger charge is -2.10. The Balaban J connectivity index is 1.93. The molecule has 1 aromatic heterocycles. The van der Waals surface area contributed by atoms with E-state index in [0.29, 0.717) is 18.1 Å². The number of nitrogens with zero attached hydrogens (tertiary/aromatic N) is 2. The summed E-state index contributed by atoms with van der Waals surface area (Å²) in [6.07, 6.45) is 0. The van der Waals surface area contributed by atoms with Crippen LogP contribution in [0, 0.1) is 0 Å². The Kier molecular flexibility index (Phi) is 6.91. The molecular weight excluding hydrogens is 340 g/mol. The first-order chi connectivity index (χ1) is 12.0. The highest BCUT2D eigenvalue weighted by atomic mass is 35.5. The maximum Gasteiger partial charge on any atom is 0.270 e. The van der Waals surface area contributed by atoms with Gasteiger partial charge in [0.1, 0.15) is 11.4 Å². The molecule has 0 aliphatic carbocycles. The van der Waals surface area contributed by atoms with Crippen molar-refractivity contribution < 1.29 is 9.59 Å². The molecule has 6 nitrogen and oxygen atoms in total. The van der Waals surface area contributed by atoms with Crippen molar-refractivity contribution in [1.82, 2.24) is 20.5 Å². The summed E-state index contributed by atoms with van der Waals surface area (Å²) >= 11 is 5.83. The molecule has 0 saturated carbocycles. The predicted octanol–water partition coefficient (Wildman–Crippen LogP) is 1.96. The van der Waals surface area contributed by atoms with Crippen LogP contribution < -0.4 is 10.6 Å². The average Bonchev–Trinajstić information content (AvgIpc) is 2.60. The van der Waals surface area contributed by atoms with Crippen LogP contribution in [0.3, 0.4) is 0 Å². The number of rotatable bonds is 7. The average molecular weight is 361 g/mol. The van der Waals surface area contributed by atoms with Crippen LogP contribution >= 0.6 is 11.6 Å². The lowest BCUT2D eigenvalue weighted by atomic mass is 10.2. The van der Waals surface area contributed by atoms with Crippen LogP contribution in [0.25, 0.3) is 0 Å². The fraction of sp³-hybridized carbons (Fsp3) is 0.278. The van der Waals surface area contributed by atoms with Gasteiger partial charge in [-0.15, -0.1) is 0 Å². The Labute approximate surface area is 152 Å². The van der Waals surface area contributed by atoms with Crippen LogP contribution in [0.5, 0.6) is 0 Å². The minimum absolute atomic E-state index is 0.203. The second-order valence-corrected chi connectivity index (χ2v) is 6.21. The molecule has 0 bridgehead atoms. The topological polar surface area (TPSA) is 74.3 Å². The van der Waals surface area contributed by atoms with Crippen molar-refractivity contribution in [2.75, 3.05) is 27.2 Å². The number of likely N-dealkylation sites (N-methyl/N-ethyl adjacent to an activating group) is 1. The van der Waals surface area contributed by atoms with Gasteiger partial charge in [0.25, 0.3) is 11.8 Å².